The Morgan fingerprint density at radius 1 is 1.21 bits per heavy atom. The van der Waals surface area contributed by atoms with Crippen molar-refractivity contribution >= 4 is 33.1 Å². The summed E-state index contributed by atoms with van der Waals surface area (Å²) >= 11 is 3.43. The third-order valence-electron chi connectivity index (χ3n) is 3.07. The van der Waals surface area contributed by atoms with Crippen LogP contribution in [0.5, 0.6) is 0 Å². The van der Waals surface area contributed by atoms with Crippen molar-refractivity contribution in [3.63, 3.8) is 0 Å². The fraction of sp³-hybridized carbons (Fsp3) is 0.143. The van der Waals surface area contributed by atoms with E-state index >= 15 is 0 Å². The summed E-state index contributed by atoms with van der Waals surface area (Å²) in [6, 6.07) is 8.34. The Bertz CT molecular complexity index is 718. The van der Waals surface area contributed by atoms with E-state index in [4.69, 9.17) is 0 Å². The lowest BCUT2D eigenvalue weighted by Gasteiger charge is -2.19. The number of nitrogens with zero attached hydrogens (tertiary/aromatic N) is 4. The van der Waals surface area contributed by atoms with Crippen LogP contribution in [0.2, 0.25) is 0 Å². The molecule has 96 valence electrons. The van der Waals surface area contributed by atoms with E-state index in [-0.39, 0.29) is 0 Å². The molecular formula is C14H13BrN4. The summed E-state index contributed by atoms with van der Waals surface area (Å²) in [5.41, 5.74) is 3.16. The van der Waals surface area contributed by atoms with Gasteiger partial charge in [0, 0.05) is 31.3 Å². The van der Waals surface area contributed by atoms with Crippen LogP contribution < -0.4 is 4.90 Å². The van der Waals surface area contributed by atoms with Crippen molar-refractivity contribution in [3.8, 4) is 0 Å². The molecule has 0 spiro atoms. The highest BCUT2D eigenvalue weighted by Crippen LogP contribution is 2.26. The smallest absolute Gasteiger partial charge is 0.180 e. The number of benzene rings is 1. The van der Waals surface area contributed by atoms with Crippen molar-refractivity contribution < 1.29 is 0 Å². The maximum Gasteiger partial charge on any atom is 0.180 e. The van der Waals surface area contributed by atoms with E-state index < -0.39 is 0 Å². The van der Waals surface area contributed by atoms with Crippen LogP contribution in [-0.4, -0.2) is 21.4 Å². The van der Waals surface area contributed by atoms with E-state index in [2.05, 4.69) is 57.1 Å². The Labute approximate surface area is 119 Å². The molecule has 0 amide bonds. The first kappa shape index (κ1) is 12.2. The first-order chi connectivity index (χ1) is 9.15. The van der Waals surface area contributed by atoms with Gasteiger partial charge in [0.1, 0.15) is 4.60 Å². The lowest BCUT2D eigenvalue weighted by molar-refractivity contribution is 1.05. The summed E-state index contributed by atoms with van der Waals surface area (Å²) in [7, 11) is 1.99. The van der Waals surface area contributed by atoms with Gasteiger partial charge in [0.25, 0.3) is 0 Å². The molecule has 4 nitrogen and oxygen atoms in total. The van der Waals surface area contributed by atoms with Crippen molar-refractivity contribution in [2.24, 2.45) is 0 Å². The molecule has 19 heavy (non-hydrogen) atoms. The van der Waals surface area contributed by atoms with Crippen LogP contribution in [0.15, 0.2) is 47.5 Å². The third kappa shape index (κ3) is 2.21. The van der Waals surface area contributed by atoms with E-state index in [1.165, 1.54) is 5.56 Å². The van der Waals surface area contributed by atoms with Gasteiger partial charge in [-0.05, 0) is 35.0 Å². The molecule has 0 atom stereocenters. The van der Waals surface area contributed by atoms with Crippen LogP contribution >= 0.6 is 15.9 Å². The molecule has 0 fully saturated rings. The third-order valence-corrected chi connectivity index (χ3v) is 3.45. The predicted molar refractivity (Wildman–Crippen MR) is 79.9 cm³/mol. The lowest BCUT2D eigenvalue weighted by Crippen LogP contribution is -2.13. The fourth-order valence-corrected chi connectivity index (χ4v) is 2.39. The standard InChI is InChI=1S/C14H13BrN4/c1-10-3-5-11(6-4-10)18(2)14-13-16-7-8-19(13)9-12(15)17-14/h3-9H,1-2H3. The molecule has 1 aromatic carbocycles. The number of imidazole rings is 1. The van der Waals surface area contributed by atoms with Crippen LogP contribution in [0.4, 0.5) is 11.5 Å². The summed E-state index contributed by atoms with van der Waals surface area (Å²) in [4.78, 5) is 10.9. The highest BCUT2D eigenvalue weighted by atomic mass is 79.9. The molecule has 0 N–H and O–H groups in total. The minimum absolute atomic E-state index is 0.784. The van der Waals surface area contributed by atoms with Gasteiger partial charge in [-0.1, -0.05) is 17.7 Å². The van der Waals surface area contributed by atoms with Gasteiger partial charge in [-0.15, -0.1) is 0 Å². The number of hydrogen-bond acceptors (Lipinski definition) is 3. The summed E-state index contributed by atoms with van der Waals surface area (Å²) in [6.07, 6.45) is 5.58. The van der Waals surface area contributed by atoms with Crippen LogP contribution in [-0.2, 0) is 0 Å². The fourth-order valence-electron chi connectivity index (χ4n) is 2.00. The van der Waals surface area contributed by atoms with E-state index in [0.717, 1.165) is 21.8 Å². The van der Waals surface area contributed by atoms with Crippen LogP contribution in [0.25, 0.3) is 5.65 Å². The highest BCUT2D eigenvalue weighted by Gasteiger charge is 2.12. The second-order valence-corrected chi connectivity index (χ2v) is 5.25. The Morgan fingerprint density at radius 2 is 1.95 bits per heavy atom. The monoisotopic (exact) mass is 316 g/mol. The van der Waals surface area contributed by atoms with Crippen LogP contribution in [0, 0.1) is 6.92 Å². The Morgan fingerprint density at radius 3 is 2.68 bits per heavy atom. The number of rotatable bonds is 2. The molecule has 0 unspecified atom stereocenters. The van der Waals surface area contributed by atoms with Gasteiger partial charge in [-0.2, -0.15) is 0 Å². The minimum atomic E-state index is 0.784. The van der Waals surface area contributed by atoms with E-state index in [0.29, 0.717) is 0 Å². The molecule has 0 aliphatic heterocycles. The number of hydrogen-bond donors (Lipinski definition) is 0. The molecule has 0 radical (unpaired) electrons. The van der Waals surface area contributed by atoms with Crippen molar-refractivity contribution in [2.75, 3.05) is 11.9 Å². The largest absolute Gasteiger partial charge is 0.326 e. The first-order valence-corrected chi connectivity index (χ1v) is 6.74. The van der Waals surface area contributed by atoms with Crippen LogP contribution in [0.1, 0.15) is 5.56 Å². The SMILES string of the molecule is Cc1ccc(N(C)c2nc(Br)cn3ccnc23)cc1. The van der Waals surface area contributed by atoms with Crippen molar-refractivity contribution in [1.82, 2.24) is 14.4 Å². The first-order valence-electron chi connectivity index (χ1n) is 5.95. The Hall–Kier alpha value is -1.88. The lowest BCUT2D eigenvalue weighted by atomic mass is 10.2. The van der Waals surface area contributed by atoms with Gasteiger partial charge in [0.2, 0.25) is 0 Å². The number of anilines is 2. The van der Waals surface area contributed by atoms with Crippen molar-refractivity contribution in [1.29, 1.82) is 0 Å². The Kier molecular flexibility index (Phi) is 2.98. The molecule has 0 bridgehead atoms. The van der Waals surface area contributed by atoms with Gasteiger partial charge < -0.3 is 9.30 Å². The van der Waals surface area contributed by atoms with E-state index in [1.807, 2.05) is 28.7 Å². The molecule has 2 aromatic heterocycles. The average molecular weight is 317 g/mol. The van der Waals surface area contributed by atoms with Gasteiger partial charge >= 0.3 is 0 Å². The average Bonchev–Trinajstić information content (AvgIpc) is 2.85. The zero-order valence-electron chi connectivity index (χ0n) is 10.7. The molecule has 0 saturated heterocycles. The summed E-state index contributed by atoms with van der Waals surface area (Å²) < 4.78 is 2.74. The zero-order valence-corrected chi connectivity index (χ0v) is 12.3. The zero-order chi connectivity index (χ0) is 13.4. The molecular weight excluding hydrogens is 304 g/mol. The molecule has 2 heterocycles. The number of aromatic nitrogens is 3. The van der Waals surface area contributed by atoms with Crippen molar-refractivity contribution in [3.05, 3.63) is 53.0 Å². The minimum Gasteiger partial charge on any atom is -0.326 e. The maximum absolute atomic E-state index is 4.53. The summed E-state index contributed by atoms with van der Waals surface area (Å²) in [5.74, 6) is 0.822. The summed E-state index contributed by atoms with van der Waals surface area (Å²) in [5, 5.41) is 0. The number of halogens is 1. The quantitative estimate of drug-likeness (QED) is 0.724. The molecule has 5 heteroatoms. The van der Waals surface area contributed by atoms with Gasteiger partial charge in [0.15, 0.2) is 11.5 Å². The topological polar surface area (TPSA) is 33.4 Å². The van der Waals surface area contributed by atoms with E-state index in [9.17, 15) is 0 Å². The molecule has 0 aliphatic rings. The second-order valence-electron chi connectivity index (χ2n) is 4.44. The van der Waals surface area contributed by atoms with Crippen LogP contribution in [0.3, 0.4) is 0 Å². The van der Waals surface area contributed by atoms with Gasteiger partial charge in [-0.3, -0.25) is 0 Å². The molecule has 3 aromatic rings. The van der Waals surface area contributed by atoms with Crippen molar-refractivity contribution in [2.45, 2.75) is 6.92 Å². The normalized spacial score (nSPS) is 10.9. The second kappa shape index (κ2) is 4.66. The van der Waals surface area contributed by atoms with E-state index in [1.54, 1.807) is 6.20 Å². The highest BCUT2D eigenvalue weighted by molar-refractivity contribution is 9.10. The number of fused-ring (bicyclic) bond motifs is 1. The predicted octanol–water partition coefficient (Wildman–Crippen LogP) is 3.57. The molecule has 0 saturated carbocycles. The van der Waals surface area contributed by atoms with Gasteiger partial charge in [0.05, 0.1) is 0 Å². The van der Waals surface area contributed by atoms with Gasteiger partial charge in [-0.25, -0.2) is 9.97 Å². The number of aryl methyl sites for hydroxylation is 1. The molecule has 3 rings (SSSR count). The summed E-state index contributed by atoms with van der Waals surface area (Å²) in [6.45, 7) is 2.08. The maximum atomic E-state index is 4.53. The molecule has 0 aliphatic carbocycles. The Balaban J connectivity index is 2.12.